The molecule has 0 aliphatic carbocycles. The van der Waals surface area contributed by atoms with Gasteiger partial charge in [-0.2, -0.15) is 0 Å². The third-order valence-corrected chi connectivity index (χ3v) is 9.55. The molecular weight excluding hydrogens is 298 g/mol. The van der Waals surface area contributed by atoms with Crippen LogP contribution in [0.4, 0.5) is 4.79 Å². The molecule has 0 saturated heterocycles. The quantitative estimate of drug-likeness (QED) is 0.799. The first-order valence-electron chi connectivity index (χ1n) is 7.56. The number of rotatable bonds is 3. The normalized spacial score (nSPS) is 23.3. The summed E-state index contributed by atoms with van der Waals surface area (Å²) in [4.78, 5) is 24.5. The number of hydrogen-bond donors (Lipinski definition) is 1. The molecule has 1 heterocycles. The maximum atomic E-state index is 12.0. The topological polar surface area (TPSA) is 66.8 Å². The number of nitrogens with zero attached hydrogens (tertiary/aromatic N) is 1. The van der Waals surface area contributed by atoms with Gasteiger partial charge in [-0.1, -0.05) is 47.6 Å². The lowest BCUT2D eigenvalue weighted by molar-refractivity contribution is -0.130. The summed E-state index contributed by atoms with van der Waals surface area (Å²) in [6.45, 7) is 16.6. The Balaban J connectivity index is 3.20. The van der Waals surface area contributed by atoms with Crippen molar-refractivity contribution in [3.05, 3.63) is 12.2 Å². The SMILES string of the molecule is CC(C)(C)[C@]1(CO[Si](C)(C)C(C)(C)C)C=CC(=O)N1C(=O)O. The summed E-state index contributed by atoms with van der Waals surface area (Å²) in [5.41, 5.74) is -1.43. The molecule has 0 aromatic rings. The second-order valence-corrected chi connectivity index (χ2v) is 13.3. The van der Waals surface area contributed by atoms with Gasteiger partial charge in [0.2, 0.25) is 0 Å². The molecule has 0 spiro atoms. The van der Waals surface area contributed by atoms with E-state index >= 15 is 0 Å². The largest absolute Gasteiger partial charge is 0.465 e. The number of carbonyl (C=O) groups is 2. The molecule has 0 radical (unpaired) electrons. The van der Waals surface area contributed by atoms with Crippen LogP contribution in [0.2, 0.25) is 18.1 Å². The van der Waals surface area contributed by atoms with E-state index in [1.807, 2.05) is 20.8 Å². The molecule has 0 aromatic carbocycles. The van der Waals surface area contributed by atoms with Crippen molar-refractivity contribution in [2.24, 2.45) is 5.41 Å². The molecule has 1 N–H and O–H groups in total. The summed E-state index contributed by atoms with van der Waals surface area (Å²) in [5.74, 6) is -0.499. The van der Waals surface area contributed by atoms with Crippen LogP contribution in [0, 0.1) is 5.41 Å². The lowest BCUT2D eigenvalue weighted by atomic mass is 9.74. The van der Waals surface area contributed by atoms with Crippen molar-refractivity contribution < 1.29 is 19.1 Å². The molecule has 2 amide bonds. The number of carbonyl (C=O) groups excluding carboxylic acids is 1. The smallest absolute Gasteiger partial charge is 0.415 e. The van der Waals surface area contributed by atoms with Crippen LogP contribution in [-0.2, 0) is 9.22 Å². The first kappa shape index (κ1) is 18.9. The third kappa shape index (κ3) is 3.13. The van der Waals surface area contributed by atoms with E-state index in [0.29, 0.717) is 0 Å². The zero-order chi connectivity index (χ0) is 17.6. The molecule has 0 fully saturated rings. The highest BCUT2D eigenvalue weighted by molar-refractivity contribution is 6.74. The molecule has 22 heavy (non-hydrogen) atoms. The Kier molecular flexibility index (Phi) is 4.72. The van der Waals surface area contributed by atoms with Gasteiger partial charge >= 0.3 is 6.09 Å². The molecule has 0 saturated carbocycles. The highest BCUT2D eigenvalue weighted by Gasteiger charge is 2.54. The highest BCUT2D eigenvalue weighted by atomic mass is 28.4. The van der Waals surface area contributed by atoms with Gasteiger partial charge in [-0.25, -0.2) is 9.69 Å². The van der Waals surface area contributed by atoms with Crippen molar-refractivity contribution >= 4 is 20.3 Å². The average Bonchev–Trinajstić information content (AvgIpc) is 2.63. The Hall–Kier alpha value is -1.14. The average molecular weight is 327 g/mol. The minimum absolute atomic E-state index is 0.0203. The number of amides is 2. The first-order valence-corrected chi connectivity index (χ1v) is 10.5. The fourth-order valence-electron chi connectivity index (χ4n) is 2.24. The molecule has 0 aromatic heterocycles. The van der Waals surface area contributed by atoms with Gasteiger partial charge in [0.05, 0.1) is 12.1 Å². The predicted molar refractivity (Wildman–Crippen MR) is 89.3 cm³/mol. The molecule has 1 atom stereocenters. The van der Waals surface area contributed by atoms with Gasteiger partial charge in [-0.05, 0) is 23.5 Å². The monoisotopic (exact) mass is 327 g/mol. The van der Waals surface area contributed by atoms with Crippen molar-refractivity contribution in [3.8, 4) is 0 Å². The zero-order valence-corrected chi connectivity index (χ0v) is 16.0. The molecule has 5 nitrogen and oxygen atoms in total. The van der Waals surface area contributed by atoms with E-state index in [2.05, 4.69) is 33.9 Å². The van der Waals surface area contributed by atoms with E-state index in [1.165, 1.54) is 6.08 Å². The lowest BCUT2D eigenvalue weighted by Gasteiger charge is -2.47. The molecule has 1 aliphatic heterocycles. The van der Waals surface area contributed by atoms with Gasteiger partial charge in [0.1, 0.15) is 0 Å². The van der Waals surface area contributed by atoms with Gasteiger partial charge in [0, 0.05) is 6.08 Å². The van der Waals surface area contributed by atoms with Gasteiger partial charge in [0.15, 0.2) is 8.32 Å². The fraction of sp³-hybridized carbons (Fsp3) is 0.750. The summed E-state index contributed by atoms with van der Waals surface area (Å²) < 4.78 is 6.27. The molecular formula is C16H29NO4Si. The molecule has 6 heteroatoms. The second-order valence-electron chi connectivity index (χ2n) is 8.51. The van der Waals surface area contributed by atoms with Crippen molar-refractivity contribution in [1.29, 1.82) is 0 Å². The van der Waals surface area contributed by atoms with Crippen molar-refractivity contribution in [1.82, 2.24) is 4.90 Å². The maximum absolute atomic E-state index is 12.0. The van der Waals surface area contributed by atoms with E-state index in [1.54, 1.807) is 6.08 Å². The Morgan fingerprint density at radius 2 is 1.77 bits per heavy atom. The Morgan fingerprint density at radius 3 is 2.14 bits per heavy atom. The van der Waals surface area contributed by atoms with E-state index in [0.717, 1.165) is 4.90 Å². The molecule has 0 unspecified atom stereocenters. The fourth-order valence-corrected chi connectivity index (χ4v) is 3.26. The van der Waals surface area contributed by atoms with E-state index in [4.69, 9.17) is 4.43 Å². The predicted octanol–water partition coefficient (Wildman–Crippen LogP) is 3.87. The van der Waals surface area contributed by atoms with E-state index in [-0.39, 0.29) is 11.6 Å². The summed E-state index contributed by atoms with van der Waals surface area (Å²) in [5, 5.41) is 9.51. The third-order valence-electron chi connectivity index (χ3n) is 5.07. The molecule has 126 valence electrons. The van der Waals surface area contributed by atoms with Crippen LogP contribution >= 0.6 is 0 Å². The van der Waals surface area contributed by atoms with Crippen LogP contribution < -0.4 is 0 Å². The van der Waals surface area contributed by atoms with E-state index in [9.17, 15) is 14.7 Å². The van der Waals surface area contributed by atoms with Crippen LogP contribution in [0.1, 0.15) is 41.5 Å². The maximum Gasteiger partial charge on any atom is 0.415 e. The summed E-state index contributed by atoms with van der Waals surface area (Å²) >= 11 is 0. The summed E-state index contributed by atoms with van der Waals surface area (Å²) in [7, 11) is -2.05. The second kappa shape index (κ2) is 5.49. The van der Waals surface area contributed by atoms with Crippen LogP contribution in [0.15, 0.2) is 12.2 Å². The first-order chi connectivity index (χ1) is 9.66. The number of carboxylic acid groups (broad SMARTS) is 1. The van der Waals surface area contributed by atoms with Crippen molar-refractivity contribution in [2.75, 3.05) is 6.61 Å². The van der Waals surface area contributed by atoms with Crippen LogP contribution in [0.3, 0.4) is 0 Å². The molecule has 1 rings (SSSR count). The lowest BCUT2D eigenvalue weighted by Crippen LogP contribution is -2.61. The number of imide groups is 1. The number of hydrogen-bond acceptors (Lipinski definition) is 3. The van der Waals surface area contributed by atoms with Gasteiger partial charge < -0.3 is 9.53 Å². The Labute approximate surface area is 134 Å². The van der Waals surface area contributed by atoms with Gasteiger partial charge in [-0.3, -0.25) is 4.79 Å². The zero-order valence-electron chi connectivity index (χ0n) is 15.0. The minimum Gasteiger partial charge on any atom is -0.465 e. The standard InChI is InChI=1S/C16H29NO4Si/c1-14(2,3)16(10-9-12(18)17(16)13(19)20)11-21-22(7,8)15(4,5)6/h9-10H,11H2,1-8H3,(H,19,20)/t16-/m1/s1. The van der Waals surface area contributed by atoms with E-state index < -0.39 is 31.3 Å². The van der Waals surface area contributed by atoms with Gasteiger partial charge in [0.25, 0.3) is 5.91 Å². The van der Waals surface area contributed by atoms with Crippen LogP contribution in [0.25, 0.3) is 0 Å². The van der Waals surface area contributed by atoms with Crippen LogP contribution in [-0.4, -0.2) is 42.5 Å². The Bertz CT molecular complexity index is 499. The van der Waals surface area contributed by atoms with Crippen LogP contribution in [0.5, 0.6) is 0 Å². The minimum atomic E-state index is -2.05. The van der Waals surface area contributed by atoms with Crippen molar-refractivity contribution in [2.45, 2.75) is 65.2 Å². The van der Waals surface area contributed by atoms with Crippen molar-refractivity contribution in [3.63, 3.8) is 0 Å². The highest BCUT2D eigenvalue weighted by Crippen LogP contribution is 2.43. The van der Waals surface area contributed by atoms with Gasteiger partial charge in [-0.15, -0.1) is 0 Å². The molecule has 0 bridgehead atoms. The summed E-state index contributed by atoms with van der Waals surface area (Å²) in [6.07, 6.45) is 1.80. The Morgan fingerprint density at radius 1 is 1.27 bits per heavy atom. The molecule has 1 aliphatic rings. The summed E-state index contributed by atoms with van der Waals surface area (Å²) in [6, 6.07) is 0.